The summed E-state index contributed by atoms with van der Waals surface area (Å²) in [4.78, 5) is 58.0. The lowest BCUT2D eigenvalue weighted by atomic mass is 9.98. The summed E-state index contributed by atoms with van der Waals surface area (Å²) in [5.74, 6) is -4.41. The second-order valence-electron chi connectivity index (χ2n) is 6.20. The van der Waals surface area contributed by atoms with Crippen LogP contribution in [-0.4, -0.2) is 67.0 Å². The van der Waals surface area contributed by atoms with Gasteiger partial charge in [-0.05, 0) is 6.92 Å². The van der Waals surface area contributed by atoms with E-state index in [0.29, 0.717) is 0 Å². The van der Waals surface area contributed by atoms with Gasteiger partial charge in [0.05, 0.1) is 0 Å². The van der Waals surface area contributed by atoms with E-state index in [1.807, 2.05) is 0 Å². The molecule has 0 aromatic rings. The molecule has 5 atom stereocenters. The number of hydrogen-bond acceptors (Lipinski definition) is 13. The molecule has 2 unspecified atom stereocenters. The van der Waals surface area contributed by atoms with Crippen molar-refractivity contribution in [2.24, 2.45) is 0 Å². The molecule has 0 aliphatic carbocycles. The molecule has 0 aliphatic heterocycles. The molecule has 31 heavy (non-hydrogen) atoms. The Morgan fingerprint density at radius 3 is 1.39 bits per heavy atom. The van der Waals surface area contributed by atoms with Gasteiger partial charge in [0.25, 0.3) is 0 Å². The Bertz CT molecular complexity index is 736. The van der Waals surface area contributed by atoms with Gasteiger partial charge in [-0.15, -0.1) is 0 Å². The summed E-state index contributed by atoms with van der Waals surface area (Å²) in [5, 5.41) is 0. The van der Waals surface area contributed by atoms with Crippen molar-refractivity contribution < 1.29 is 61.3 Å². The van der Waals surface area contributed by atoms with Crippen molar-refractivity contribution >= 4 is 37.8 Å². The number of carbonyl (C=O) groups is 5. The van der Waals surface area contributed by atoms with Crippen LogP contribution in [0.15, 0.2) is 0 Å². The molecule has 0 aromatic heterocycles. The number of ether oxygens (including phenoxy) is 5. The Kier molecular flexibility index (Phi) is 12.3. The molecular formula is C17H25O13P. The van der Waals surface area contributed by atoms with Gasteiger partial charge in [-0.3, -0.25) is 28.5 Å². The van der Waals surface area contributed by atoms with Crippen molar-refractivity contribution in [1.82, 2.24) is 0 Å². The zero-order valence-corrected chi connectivity index (χ0v) is 18.7. The third-order valence-corrected chi connectivity index (χ3v) is 3.76. The van der Waals surface area contributed by atoms with Gasteiger partial charge in [-0.2, -0.15) is 0 Å². The Labute approximate surface area is 178 Å². The van der Waals surface area contributed by atoms with E-state index in [1.54, 1.807) is 0 Å². The lowest BCUT2D eigenvalue weighted by molar-refractivity contribution is -0.210. The maximum Gasteiger partial charge on any atom is 0.468 e. The second kappa shape index (κ2) is 13.5. The van der Waals surface area contributed by atoms with E-state index >= 15 is 0 Å². The first-order valence-electron chi connectivity index (χ1n) is 8.88. The molecule has 0 bridgehead atoms. The van der Waals surface area contributed by atoms with Crippen molar-refractivity contribution in [2.75, 3.05) is 6.61 Å². The number of esters is 5. The predicted octanol–water partition coefficient (Wildman–Crippen LogP) is 0.769. The molecular weight excluding hydrogens is 443 g/mol. The Morgan fingerprint density at radius 1 is 0.613 bits per heavy atom. The number of hydrogen-bond donors (Lipinski definition) is 0. The maximum absolute atomic E-state index is 11.7. The zero-order chi connectivity index (χ0) is 24.3. The molecule has 0 aromatic carbocycles. The highest BCUT2D eigenvalue weighted by atomic mass is 31.1. The molecule has 0 saturated heterocycles. The Hall–Kier alpha value is -2.79. The fraction of sp³-hybridized carbons (Fsp3) is 0.706. The fourth-order valence-electron chi connectivity index (χ4n) is 2.55. The smallest absolute Gasteiger partial charge is 0.459 e. The Balaban J connectivity index is 6.43. The molecule has 0 rings (SSSR count). The summed E-state index contributed by atoms with van der Waals surface area (Å²) in [6, 6.07) is 0. The summed E-state index contributed by atoms with van der Waals surface area (Å²) in [7, 11) is -3.39. The van der Waals surface area contributed by atoms with Gasteiger partial charge in [0.1, 0.15) is 12.7 Å². The summed E-state index contributed by atoms with van der Waals surface area (Å²) in [5.41, 5.74) is 0. The largest absolute Gasteiger partial charge is 0.468 e. The molecule has 14 heteroatoms. The molecule has 0 fully saturated rings. The van der Waals surface area contributed by atoms with Gasteiger partial charge < -0.3 is 23.7 Å². The van der Waals surface area contributed by atoms with Gasteiger partial charge in [-0.1, -0.05) is 0 Å². The van der Waals surface area contributed by atoms with Crippen LogP contribution in [0.2, 0.25) is 0 Å². The minimum atomic E-state index is -3.39. The Morgan fingerprint density at radius 2 is 1.00 bits per heavy atom. The number of rotatable bonds is 12. The molecule has 0 N–H and O–H groups in total. The molecule has 0 radical (unpaired) electrons. The van der Waals surface area contributed by atoms with Gasteiger partial charge in [0.2, 0.25) is 0 Å². The van der Waals surface area contributed by atoms with E-state index in [-0.39, 0.29) is 0 Å². The van der Waals surface area contributed by atoms with Gasteiger partial charge in [0.15, 0.2) is 24.4 Å². The third kappa shape index (κ3) is 11.8. The van der Waals surface area contributed by atoms with Gasteiger partial charge >= 0.3 is 37.8 Å². The minimum Gasteiger partial charge on any atom is -0.459 e. The van der Waals surface area contributed by atoms with Crippen LogP contribution in [0.25, 0.3) is 0 Å². The first-order chi connectivity index (χ1) is 14.2. The van der Waals surface area contributed by atoms with Crippen molar-refractivity contribution in [3.8, 4) is 0 Å². The van der Waals surface area contributed by atoms with Crippen LogP contribution in [0.3, 0.4) is 0 Å². The maximum atomic E-state index is 11.7. The summed E-state index contributed by atoms with van der Waals surface area (Å²) >= 11 is 0. The number of carbonyl (C=O) groups excluding carboxylic acids is 5. The average molecular weight is 468 g/mol. The van der Waals surface area contributed by atoms with Crippen molar-refractivity contribution in [2.45, 2.75) is 72.1 Å². The first-order valence-corrected chi connectivity index (χ1v) is 9.97. The molecule has 176 valence electrons. The highest BCUT2D eigenvalue weighted by molar-refractivity contribution is 7.24. The molecule has 13 nitrogen and oxygen atoms in total. The van der Waals surface area contributed by atoms with Gasteiger partial charge in [-0.25, -0.2) is 9.13 Å². The quantitative estimate of drug-likeness (QED) is 0.223. The van der Waals surface area contributed by atoms with E-state index in [1.165, 1.54) is 6.92 Å². The fourth-order valence-corrected chi connectivity index (χ4v) is 2.82. The summed E-state index contributed by atoms with van der Waals surface area (Å²) in [6.07, 6.45) is -7.76. The molecule has 0 saturated carbocycles. The van der Waals surface area contributed by atoms with Crippen LogP contribution in [0.1, 0.15) is 41.5 Å². The van der Waals surface area contributed by atoms with Crippen LogP contribution in [0, 0.1) is 0 Å². The van der Waals surface area contributed by atoms with E-state index in [2.05, 4.69) is 4.52 Å². The van der Waals surface area contributed by atoms with E-state index in [0.717, 1.165) is 34.6 Å². The SMILES string of the molecule is CC(=O)OC(C(OC(C)=O)[C@@H](C)OC(C)=O)[C@@H](OC(C)=O)[C@H](COP(=O)=O)OC(C)=O. The molecule has 0 spiro atoms. The first kappa shape index (κ1) is 28.2. The van der Waals surface area contributed by atoms with E-state index in [9.17, 15) is 33.1 Å². The lowest BCUT2D eigenvalue weighted by Gasteiger charge is -2.36. The van der Waals surface area contributed by atoms with E-state index in [4.69, 9.17) is 23.7 Å². The van der Waals surface area contributed by atoms with Crippen LogP contribution in [-0.2, 0) is 61.3 Å². The van der Waals surface area contributed by atoms with Crippen LogP contribution in [0.4, 0.5) is 0 Å². The highest BCUT2D eigenvalue weighted by Crippen LogP contribution is 2.24. The van der Waals surface area contributed by atoms with Crippen molar-refractivity contribution in [3.63, 3.8) is 0 Å². The molecule has 0 heterocycles. The van der Waals surface area contributed by atoms with Crippen LogP contribution in [0.5, 0.6) is 0 Å². The normalized spacial score (nSPS) is 15.3. The lowest BCUT2D eigenvalue weighted by Crippen LogP contribution is -2.56. The molecule has 0 aliphatic rings. The summed E-state index contributed by atoms with van der Waals surface area (Å²) in [6.45, 7) is 5.55. The van der Waals surface area contributed by atoms with Crippen LogP contribution < -0.4 is 0 Å². The zero-order valence-electron chi connectivity index (χ0n) is 17.8. The monoisotopic (exact) mass is 468 g/mol. The predicted molar refractivity (Wildman–Crippen MR) is 97.7 cm³/mol. The highest BCUT2D eigenvalue weighted by Gasteiger charge is 2.46. The standard InChI is InChI=1S/C17H25O13P/c1-8(26-9(2)18)15(28-11(4)20)17(30-13(6)22)16(29-12(5)21)14(27-10(3)19)7-25-31(23)24/h8,14-17H,7H2,1-6H3/t8-,14+,15?,16+,17?/m1/s1. The van der Waals surface area contributed by atoms with Gasteiger partial charge in [0, 0.05) is 34.6 Å². The van der Waals surface area contributed by atoms with E-state index < -0.39 is 74.9 Å². The third-order valence-electron chi connectivity index (χ3n) is 3.40. The van der Waals surface area contributed by atoms with Crippen molar-refractivity contribution in [1.29, 1.82) is 0 Å². The minimum absolute atomic E-state index is 0.765. The topological polar surface area (TPSA) is 175 Å². The van der Waals surface area contributed by atoms with Crippen LogP contribution >= 0.6 is 7.91 Å². The average Bonchev–Trinajstić information content (AvgIpc) is 2.58. The molecule has 0 amide bonds. The summed E-state index contributed by atoms with van der Waals surface area (Å²) < 4.78 is 51.6. The van der Waals surface area contributed by atoms with Crippen molar-refractivity contribution in [3.05, 3.63) is 0 Å². The second-order valence-corrected chi connectivity index (χ2v) is 6.91.